The molecule has 2 aromatic rings. The van der Waals surface area contributed by atoms with E-state index in [4.69, 9.17) is 4.74 Å². The number of ketones is 1. The lowest BCUT2D eigenvalue weighted by Gasteiger charge is -2.06. The zero-order valence-corrected chi connectivity index (χ0v) is 21.0. The number of alkyl halides is 1. The summed E-state index contributed by atoms with van der Waals surface area (Å²) in [5.74, 6) is 1.29. The third-order valence-electron chi connectivity index (χ3n) is 5.06. The van der Waals surface area contributed by atoms with Crippen LogP contribution in [0.2, 0.25) is 0 Å². The van der Waals surface area contributed by atoms with E-state index in [0.717, 1.165) is 16.2 Å². The molecular formula is C27H28F2N4O2S. The molecule has 0 atom stereocenters. The minimum Gasteiger partial charge on any atom is -0.439 e. The van der Waals surface area contributed by atoms with E-state index in [9.17, 15) is 13.6 Å². The molecule has 1 aromatic carbocycles. The monoisotopic (exact) mass is 510 g/mol. The number of aliphatic imine (C=N–C) groups is 1. The van der Waals surface area contributed by atoms with Gasteiger partial charge in [0.25, 0.3) is 0 Å². The van der Waals surface area contributed by atoms with Crippen molar-refractivity contribution in [1.82, 2.24) is 9.78 Å². The Kier molecular flexibility index (Phi) is 10.00. The first-order chi connectivity index (χ1) is 17.4. The summed E-state index contributed by atoms with van der Waals surface area (Å²) < 4.78 is 33.1. The van der Waals surface area contributed by atoms with Crippen molar-refractivity contribution in [3.05, 3.63) is 101 Å². The van der Waals surface area contributed by atoms with Crippen molar-refractivity contribution in [2.45, 2.75) is 19.9 Å². The maximum absolute atomic E-state index is 13.4. The topological polar surface area (TPSA) is 68.5 Å². The van der Waals surface area contributed by atoms with Gasteiger partial charge in [-0.2, -0.15) is 5.10 Å². The molecule has 0 bridgehead atoms. The van der Waals surface area contributed by atoms with Gasteiger partial charge in [0.1, 0.15) is 17.4 Å². The van der Waals surface area contributed by atoms with Crippen LogP contribution in [0.15, 0.2) is 94.7 Å². The van der Waals surface area contributed by atoms with Crippen LogP contribution in [0.5, 0.6) is 5.75 Å². The van der Waals surface area contributed by atoms with Gasteiger partial charge in [-0.05, 0) is 37.1 Å². The second kappa shape index (κ2) is 13.4. The summed E-state index contributed by atoms with van der Waals surface area (Å²) in [4.78, 5) is 17.8. The standard InChI is InChI=1S/C27H28F2N4O2S/c1-4-25(36-14-8-13-28)19(2)9-5-6-12-24(34)23-17-31-33-18-21(32-27(23)33)16-26(30-3)35-22-11-7-10-20(29)15-22/h4-7,9-12,15-17,32H,1,8,13-14,18H2,2-3H3/b9-5+,12-6+,21-16+,25-19+,30-26?. The Morgan fingerprint density at radius 2 is 2.17 bits per heavy atom. The third kappa shape index (κ3) is 7.39. The number of ether oxygens (including phenoxy) is 1. The van der Waals surface area contributed by atoms with Crippen molar-refractivity contribution >= 4 is 29.3 Å². The number of allylic oxidation sites excluding steroid dienone is 7. The molecular weight excluding hydrogens is 482 g/mol. The van der Waals surface area contributed by atoms with E-state index in [1.54, 1.807) is 59.9 Å². The van der Waals surface area contributed by atoms with Crippen LogP contribution in [-0.2, 0) is 6.54 Å². The highest BCUT2D eigenvalue weighted by atomic mass is 32.2. The van der Waals surface area contributed by atoms with Gasteiger partial charge in [0.2, 0.25) is 5.90 Å². The van der Waals surface area contributed by atoms with Crippen LogP contribution < -0.4 is 10.1 Å². The maximum Gasteiger partial charge on any atom is 0.216 e. The highest BCUT2D eigenvalue weighted by Gasteiger charge is 2.23. The Morgan fingerprint density at radius 1 is 1.36 bits per heavy atom. The van der Waals surface area contributed by atoms with Crippen molar-refractivity contribution < 1.29 is 18.3 Å². The molecule has 1 aliphatic rings. The number of carbonyl (C=O) groups excluding carboxylic acids is 1. The number of rotatable bonds is 11. The van der Waals surface area contributed by atoms with Gasteiger partial charge in [0.15, 0.2) is 5.78 Å². The van der Waals surface area contributed by atoms with Crippen LogP contribution >= 0.6 is 11.8 Å². The van der Waals surface area contributed by atoms with Gasteiger partial charge in [-0.1, -0.05) is 36.9 Å². The summed E-state index contributed by atoms with van der Waals surface area (Å²) in [6.45, 7) is 5.83. The maximum atomic E-state index is 13.4. The molecule has 36 heavy (non-hydrogen) atoms. The van der Waals surface area contributed by atoms with Crippen LogP contribution in [0.4, 0.5) is 14.6 Å². The minimum atomic E-state index is -0.402. The second-order valence-corrected chi connectivity index (χ2v) is 8.84. The summed E-state index contributed by atoms with van der Waals surface area (Å²) >= 11 is 1.56. The molecule has 1 aliphatic heterocycles. The minimum absolute atomic E-state index is 0.196. The third-order valence-corrected chi connectivity index (χ3v) is 6.35. The summed E-state index contributed by atoms with van der Waals surface area (Å²) in [6, 6.07) is 5.80. The zero-order valence-electron chi connectivity index (χ0n) is 20.2. The van der Waals surface area contributed by atoms with E-state index >= 15 is 0 Å². The van der Waals surface area contributed by atoms with Gasteiger partial charge in [-0.3, -0.25) is 14.2 Å². The van der Waals surface area contributed by atoms with Crippen LogP contribution in [0.3, 0.4) is 0 Å². The predicted octanol–water partition coefficient (Wildman–Crippen LogP) is 6.29. The Morgan fingerprint density at radius 3 is 2.89 bits per heavy atom. The predicted molar refractivity (Wildman–Crippen MR) is 143 cm³/mol. The molecule has 1 N–H and O–H groups in total. The number of benzene rings is 1. The largest absolute Gasteiger partial charge is 0.439 e. The average Bonchev–Trinajstić information content (AvgIpc) is 3.44. The lowest BCUT2D eigenvalue weighted by molar-refractivity contribution is 0.104. The van der Waals surface area contributed by atoms with E-state index in [2.05, 4.69) is 22.0 Å². The van der Waals surface area contributed by atoms with Gasteiger partial charge < -0.3 is 10.1 Å². The molecule has 0 fully saturated rings. The van der Waals surface area contributed by atoms with Gasteiger partial charge in [0, 0.05) is 35.5 Å². The zero-order chi connectivity index (χ0) is 25.9. The number of anilines is 1. The van der Waals surface area contributed by atoms with Gasteiger partial charge in [-0.25, -0.2) is 9.07 Å². The average molecular weight is 511 g/mol. The SMILES string of the molecule is C=C\C(SCCCF)=C(C)/C=C/C=C/C(=O)c1cnn2c1N/C(=C/C(=NC)Oc1cccc(F)c1)C2. The summed E-state index contributed by atoms with van der Waals surface area (Å²) in [5, 5.41) is 7.47. The quantitative estimate of drug-likeness (QED) is 0.0961. The fourth-order valence-corrected chi connectivity index (χ4v) is 4.16. The molecule has 0 amide bonds. The lowest BCUT2D eigenvalue weighted by atomic mass is 10.2. The fourth-order valence-electron chi connectivity index (χ4n) is 3.28. The number of thioether (sulfide) groups is 1. The number of hydrogen-bond donors (Lipinski definition) is 1. The van der Waals surface area contributed by atoms with Crippen molar-refractivity contribution in [2.24, 2.45) is 4.99 Å². The molecule has 0 radical (unpaired) electrons. The number of carbonyl (C=O) groups is 1. The number of halogens is 2. The Bertz CT molecular complexity index is 1260. The van der Waals surface area contributed by atoms with Gasteiger partial charge in [0.05, 0.1) is 25.0 Å². The first-order valence-corrected chi connectivity index (χ1v) is 12.3. The molecule has 0 saturated carbocycles. The summed E-state index contributed by atoms with van der Waals surface area (Å²) in [6.07, 6.45) is 12.3. The normalized spacial score (nSPS) is 15.3. The molecule has 0 saturated heterocycles. The summed E-state index contributed by atoms with van der Waals surface area (Å²) in [7, 11) is 1.57. The van der Waals surface area contributed by atoms with Crippen LogP contribution in [0.1, 0.15) is 23.7 Å². The smallest absolute Gasteiger partial charge is 0.216 e. The van der Waals surface area contributed by atoms with Crippen LogP contribution in [-0.4, -0.2) is 40.9 Å². The number of aromatic nitrogens is 2. The first kappa shape index (κ1) is 26.9. The first-order valence-electron chi connectivity index (χ1n) is 11.3. The van der Waals surface area contributed by atoms with E-state index < -0.39 is 5.82 Å². The van der Waals surface area contributed by atoms with E-state index in [0.29, 0.717) is 35.8 Å². The molecule has 6 nitrogen and oxygen atoms in total. The van der Waals surface area contributed by atoms with Gasteiger partial charge >= 0.3 is 0 Å². The van der Waals surface area contributed by atoms with Crippen molar-refractivity contribution in [3.8, 4) is 5.75 Å². The second-order valence-electron chi connectivity index (χ2n) is 7.71. The van der Waals surface area contributed by atoms with Crippen LogP contribution in [0, 0.1) is 5.82 Å². The number of nitrogens with one attached hydrogen (secondary N) is 1. The number of nitrogens with zero attached hydrogens (tertiary/aromatic N) is 3. The number of hydrogen-bond acceptors (Lipinski definition) is 6. The molecule has 1 aromatic heterocycles. The lowest BCUT2D eigenvalue weighted by Crippen LogP contribution is -2.09. The molecule has 188 valence electrons. The van der Waals surface area contributed by atoms with E-state index in [1.807, 2.05) is 13.0 Å². The van der Waals surface area contributed by atoms with Crippen molar-refractivity contribution in [3.63, 3.8) is 0 Å². The van der Waals surface area contributed by atoms with Crippen molar-refractivity contribution in [1.29, 1.82) is 0 Å². The van der Waals surface area contributed by atoms with E-state index in [1.165, 1.54) is 24.4 Å². The molecule has 3 rings (SSSR count). The highest BCUT2D eigenvalue weighted by Crippen LogP contribution is 2.26. The van der Waals surface area contributed by atoms with E-state index in [-0.39, 0.29) is 18.4 Å². The molecule has 2 heterocycles. The van der Waals surface area contributed by atoms with Crippen LogP contribution in [0.25, 0.3) is 0 Å². The Balaban J connectivity index is 1.63. The molecule has 0 unspecified atom stereocenters. The molecule has 9 heteroatoms. The molecule has 0 spiro atoms. The van der Waals surface area contributed by atoms with Gasteiger partial charge in [-0.15, -0.1) is 11.8 Å². The Labute approximate surface area is 213 Å². The fraction of sp³-hybridized carbons (Fsp3) is 0.222. The number of fused-ring (bicyclic) bond motifs is 1. The Hall–Kier alpha value is -3.72. The van der Waals surface area contributed by atoms with Crippen molar-refractivity contribution in [2.75, 3.05) is 24.8 Å². The summed E-state index contributed by atoms with van der Waals surface area (Å²) in [5.41, 5.74) is 2.16. The molecule has 0 aliphatic carbocycles. The highest BCUT2D eigenvalue weighted by molar-refractivity contribution is 8.03.